The number of pyridine rings is 1. The van der Waals surface area contributed by atoms with E-state index < -0.39 is 0 Å². The predicted molar refractivity (Wildman–Crippen MR) is 106 cm³/mol. The Hall–Kier alpha value is -3.03. The van der Waals surface area contributed by atoms with Crippen LogP contribution in [0.15, 0.2) is 36.9 Å². The van der Waals surface area contributed by atoms with Crippen LogP contribution in [0, 0.1) is 5.82 Å². The molecule has 1 aliphatic carbocycles. The van der Waals surface area contributed by atoms with Gasteiger partial charge in [0.1, 0.15) is 11.4 Å². The van der Waals surface area contributed by atoms with Gasteiger partial charge in [-0.15, -0.1) is 5.10 Å². The van der Waals surface area contributed by atoms with Crippen molar-refractivity contribution in [2.45, 2.75) is 50.6 Å². The largest absolute Gasteiger partial charge is 0.347 e. The third-order valence-corrected chi connectivity index (χ3v) is 6.11. The number of nitrogens with zero attached hydrogens (tertiary/aromatic N) is 5. The lowest BCUT2D eigenvalue weighted by Gasteiger charge is -2.39. The minimum Gasteiger partial charge on any atom is -0.347 e. The fourth-order valence-electron chi connectivity index (χ4n) is 4.43. The number of aromatic nitrogens is 4. The van der Waals surface area contributed by atoms with Gasteiger partial charge in [-0.1, -0.05) is 0 Å². The van der Waals surface area contributed by atoms with Gasteiger partial charge in [0, 0.05) is 30.7 Å². The Labute approximate surface area is 168 Å². The molecule has 4 heterocycles. The number of hydrogen-bond donors (Lipinski definition) is 1. The molecule has 8 heteroatoms. The normalized spacial score (nSPS) is 20.6. The summed E-state index contributed by atoms with van der Waals surface area (Å²) in [6.07, 6.45) is 11.2. The van der Waals surface area contributed by atoms with Crippen LogP contribution in [0.4, 0.5) is 10.2 Å². The first-order valence-corrected chi connectivity index (χ1v) is 10.1. The van der Waals surface area contributed by atoms with Crippen LogP contribution in [0.5, 0.6) is 0 Å². The molecule has 3 aromatic rings. The van der Waals surface area contributed by atoms with Crippen LogP contribution in [0.25, 0.3) is 5.65 Å². The minimum absolute atomic E-state index is 0.0750. The molecular weight excluding hydrogens is 371 g/mol. The summed E-state index contributed by atoms with van der Waals surface area (Å²) >= 11 is 0. The zero-order valence-electron chi connectivity index (χ0n) is 16.3. The second-order valence-corrected chi connectivity index (χ2v) is 8.24. The van der Waals surface area contributed by atoms with Crippen molar-refractivity contribution in [1.82, 2.24) is 24.9 Å². The number of anilines is 1. The van der Waals surface area contributed by atoms with Gasteiger partial charge in [-0.2, -0.15) is 0 Å². The van der Waals surface area contributed by atoms with Crippen molar-refractivity contribution in [3.63, 3.8) is 0 Å². The summed E-state index contributed by atoms with van der Waals surface area (Å²) in [4.78, 5) is 23.8. The van der Waals surface area contributed by atoms with Crippen LogP contribution >= 0.6 is 0 Å². The molecule has 0 bridgehead atoms. The summed E-state index contributed by atoms with van der Waals surface area (Å²) in [5.41, 5.74) is 1.64. The molecule has 1 N–H and O–H groups in total. The van der Waals surface area contributed by atoms with Gasteiger partial charge in [0.25, 0.3) is 5.91 Å². The maximum absolute atomic E-state index is 13.8. The quantitative estimate of drug-likeness (QED) is 0.735. The molecule has 29 heavy (non-hydrogen) atoms. The molecule has 1 aliphatic heterocycles. The van der Waals surface area contributed by atoms with E-state index in [1.165, 1.54) is 12.3 Å². The van der Waals surface area contributed by atoms with Crippen LogP contribution in [-0.2, 0) is 0 Å². The first kappa shape index (κ1) is 18.0. The van der Waals surface area contributed by atoms with E-state index in [0.29, 0.717) is 17.0 Å². The molecule has 2 fully saturated rings. The molecule has 150 valence electrons. The maximum atomic E-state index is 13.8. The lowest BCUT2D eigenvalue weighted by molar-refractivity contribution is 0.0852. The number of amides is 1. The van der Waals surface area contributed by atoms with Crippen LogP contribution in [-0.4, -0.2) is 37.6 Å². The van der Waals surface area contributed by atoms with E-state index in [2.05, 4.69) is 27.1 Å². The molecule has 7 nitrogen and oxygen atoms in total. The van der Waals surface area contributed by atoms with Crippen molar-refractivity contribution >= 4 is 17.4 Å². The zero-order valence-corrected chi connectivity index (χ0v) is 16.3. The molecule has 2 aliphatic rings. The third-order valence-electron chi connectivity index (χ3n) is 6.11. The van der Waals surface area contributed by atoms with Crippen LogP contribution in [0.2, 0.25) is 0 Å². The van der Waals surface area contributed by atoms with E-state index in [0.717, 1.165) is 44.2 Å². The van der Waals surface area contributed by atoms with Crippen molar-refractivity contribution in [2.24, 2.45) is 0 Å². The van der Waals surface area contributed by atoms with Gasteiger partial charge in [-0.3, -0.25) is 9.78 Å². The highest BCUT2D eigenvalue weighted by Crippen LogP contribution is 2.38. The zero-order chi connectivity index (χ0) is 20.0. The van der Waals surface area contributed by atoms with Gasteiger partial charge in [0.15, 0.2) is 11.5 Å². The average molecular weight is 394 g/mol. The summed E-state index contributed by atoms with van der Waals surface area (Å²) in [6, 6.07) is 3.23. The lowest BCUT2D eigenvalue weighted by atomic mass is 9.78. The Morgan fingerprint density at radius 3 is 2.93 bits per heavy atom. The third kappa shape index (κ3) is 3.12. The summed E-state index contributed by atoms with van der Waals surface area (Å²) in [5, 5.41) is 7.88. The highest BCUT2D eigenvalue weighted by molar-refractivity contribution is 6.05. The Balaban J connectivity index is 1.58. The van der Waals surface area contributed by atoms with Crippen LogP contribution in [0.3, 0.4) is 0 Å². The smallest absolute Gasteiger partial charge is 0.259 e. The molecule has 1 amide bonds. The number of fused-ring (bicyclic) bond motifs is 1. The van der Waals surface area contributed by atoms with Gasteiger partial charge < -0.3 is 10.2 Å². The molecular formula is C21H23FN6O. The lowest BCUT2D eigenvalue weighted by Crippen LogP contribution is -2.51. The van der Waals surface area contributed by atoms with Crippen molar-refractivity contribution in [2.75, 3.05) is 11.4 Å². The molecule has 5 rings (SSSR count). The van der Waals surface area contributed by atoms with Gasteiger partial charge in [-0.05, 0) is 56.7 Å². The average Bonchev–Trinajstić information content (AvgIpc) is 3.31. The standard InChI is InChI=1S/C21H23FN6O/c1-21(6-3-7-21)25-20(29)17-18-24-8-4-10-28(18)26-19(17)27-9-2-5-16(27)14-11-15(22)13-23-12-14/h4,8,10-13,16H,2-3,5-7,9H2,1H3,(H,25,29)/t16-/m1/s1. The van der Waals surface area contributed by atoms with Gasteiger partial charge in [0.05, 0.1) is 12.2 Å². The van der Waals surface area contributed by atoms with E-state index in [1.807, 2.05) is 0 Å². The van der Waals surface area contributed by atoms with Crippen LogP contribution in [0.1, 0.15) is 61.0 Å². The molecule has 0 spiro atoms. The molecule has 0 aromatic carbocycles. The van der Waals surface area contributed by atoms with Crippen molar-refractivity contribution < 1.29 is 9.18 Å². The number of carbonyl (C=O) groups is 1. The first-order chi connectivity index (χ1) is 14.0. The van der Waals surface area contributed by atoms with Crippen molar-refractivity contribution in [3.05, 3.63) is 53.9 Å². The number of carbonyl (C=O) groups excluding carboxylic acids is 1. The number of nitrogens with one attached hydrogen (secondary N) is 1. The molecule has 1 atom stereocenters. The number of rotatable bonds is 4. The fraction of sp³-hybridized carbons (Fsp3) is 0.429. The Kier molecular flexibility index (Phi) is 4.22. The van der Waals surface area contributed by atoms with E-state index >= 15 is 0 Å². The van der Waals surface area contributed by atoms with E-state index in [9.17, 15) is 9.18 Å². The fourth-order valence-corrected chi connectivity index (χ4v) is 4.43. The summed E-state index contributed by atoms with van der Waals surface area (Å²) in [6.45, 7) is 2.81. The van der Waals surface area contributed by atoms with Gasteiger partial charge >= 0.3 is 0 Å². The van der Waals surface area contributed by atoms with E-state index in [-0.39, 0.29) is 23.3 Å². The predicted octanol–water partition coefficient (Wildman–Crippen LogP) is 3.28. The van der Waals surface area contributed by atoms with Gasteiger partial charge in [0.2, 0.25) is 0 Å². The summed E-state index contributed by atoms with van der Waals surface area (Å²) in [7, 11) is 0. The Morgan fingerprint density at radius 2 is 2.17 bits per heavy atom. The van der Waals surface area contributed by atoms with Gasteiger partial charge in [-0.25, -0.2) is 13.9 Å². The first-order valence-electron chi connectivity index (χ1n) is 10.1. The minimum atomic E-state index is -0.359. The SMILES string of the molecule is CC1(NC(=O)c2c(N3CCC[C@@H]3c3cncc(F)c3)nn3cccnc23)CCC1. The van der Waals surface area contributed by atoms with Crippen molar-refractivity contribution in [1.29, 1.82) is 0 Å². The van der Waals surface area contributed by atoms with E-state index in [4.69, 9.17) is 5.10 Å². The summed E-state index contributed by atoms with van der Waals surface area (Å²) in [5.74, 6) is 0.0803. The maximum Gasteiger partial charge on any atom is 0.259 e. The topological polar surface area (TPSA) is 75.4 Å². The highest BCUT2D eigenvalue weighted by Gasteiger charge is 2.37. The molecule has 1 saturated heterocycles. The Bertz CT molecular complexity index is 1080. The second kappa shape index (κ2) is 6.79. The molecule has 3 aromatic heterocycles. The molecule has 0 unspecified atom stereocenters. The Morgan fingerprint density at radius 1 is 1.31 bits per heavy atom. The second-order valence-electron chi connectivity index (χ2n) is 8.24. The monoisotopic (exact) mass is 394 g/mol. The molecule has 1 saturated carbocycles. The number of hydrogen-bond acceptors (Lipinski definition) is 5. The molecule has 0 radical (unpaired) electrons. The summed E-state index contributed by atoms with van der Waals surface area (Å²) < 4.78 is 15.4. The van der Waals surface area contributed by atoms with Crippen LogP contribution < -0.4 is 10.2 Å². The van der Waals surface area contributed by atoms with E-state index in [1.54, 1.807) is 29.2 Å². The highest BCUT2D eigenvalue weighted by atomic mass is 19.1. The number of halogens is 1. The van der Waals surface area contributed by atoms with Crippen molar-refractivity contribution in [3.8, 4) is 0 Å².